The van der Waals surface area contributed by atoms with Gasteiger partial charge in [0.25, 0.3) is 0 Å². The van der Waals surface area contributed by atoms with Crippen molar-refractivity contribution in [2.75, 3.05) is 19.0 Å². The zero-order valence-corrected chi connectivity index (χ0v) is 13.3. The van der Waals surface area contributed by atoms with Crippen LogP contribution in [0.1, 0.15) is 13.8 Å². The van der Waals surface area contributed by atoms with Gasteiger partial charge in [0.1, 0.15) is 0 Å². The predicted octanol–water partition coefficient (Wildman–Crippen LogP) is 2.42. The number of rotatable bonds is 3. The van der Waals surface area contributed by atoms with Crippen molar-refractivity contribution < 1.29 is 17.9 Å². The van der Waals surface area contributed by atoms with Crippen LogP contribution in [0.5, 0.6) is 0 Å². The predicted molar refractivity (Wildman–Crippen MR) is 76.0 cm³/mol. The molecule has 1 unspecified atom stereocenters. The van der Waals surface area contributed by atoms with Crippen molar-refractivity contribution in [3.8, 4) is 0 Å². The SMILES string of the molecule is CC1(C)COC(CS(=O)(=O)c2ccc(Br)cc2)CO1. The van der Waals surface area contributed by atoms with Crippen LogP contribution in [0.3, 0.4) is 0 Å². The summed E-state index contributed by atoms with van der Waals surface area (Å²) >= 11 is 3.28. The highest BCUT2D eigenvalue weighted by Gasteiger charge is 2.31. The third-order valence-electron chi connectivity index (χ3n) is 2.90. The quantitative estimate of drug-likeness (QED) is 0.841. The van der Waals surface area contributed by atoms with E-state index in [4.69, 9.17) is 9.47 Å². The lowest BCUT2D eigenvalue weighted by Gasteiger charge is -2.34. The number of sulfone groups is 1. The van der Waals surface area contributed by atoms with Crippen LogP contribution in [0.2, 0.25) is 0 Å². The van der Waals surface area contributed by atoms with Crippen molar-refractivity contribution in [2.24, 2.45) is 0 Å². The van der Waals surface area contributed by atoms with Crippen LogP contribution < -0.4 is 0 Å². The molecule has 0 saturated carbocycles. The van der Waals surface area contributed by atoms with E-state index in [9.17, 15) is 8.42 Å². The minimum absolute atomic E-state index is 0.0509. The highest BCUT2D eigenvalue weighted by atomic mass is 79.9. The lowest BCUT2D eigenvalue weighted by molar-refractivity contribution is -0.167. The van der Waals surface area contributed by atoms with Crippen LogP contribution in [-0.2, 0) is 19.3 Å². The molecule has 1 saturated heterocycles. The van der Waals surface area contributed by atoms with Crippen LogP contribution in [-0.4, -0.2) is 39.1 Å². The monoisotopic (exact) mass is 348 g/mol. The van der Waals surface area contributed by atoms with Gasteiger partial charge in [0.2, 0.25) is 0 Å². The fraction of sp³-hybridized carbons (Fsp3) is 0.538. The van der Waals surface area contributed by atoms with Crippen LogP contribution in [0, 0.1) is 0 Å². The second-order valence-electron chi connectivity index (χ2n) is 5.24. The summed E-state index contributed by atoms with van der Waals surface area (Å²) in [6.45, 7) is 4.56. The summed E-state index contributed by atoms with van der Waals surface area (Å²) in [6, 6.07) is 6.61. The van der Waals surface area contributed by atoms with Gasteiger partial charge < -0.3 is 9.47 Å². The van der Waals surface area contributed by atoms with E-state index in [0.717, 1.165) is 4.47 Å². The van der Waals surface area contributed by atoms with Crippen molar-refractivity contribution >= 4 is 25.8 Å². The molecule has 106 valence electrons. The molecule has 0 amide bonds. The van der Waals surface area contributed by atoms with Crippen molar-refractivity contribution in [3.05, 3.63) is 28.7 Å². The summed E-state index contributed by atoms with van der Waals surface area (Å²) in [5.41, 5.74) is -0.335. The van der Waals surface area contributed by atoms with Gasteiger partial charge in [-0.15, -0.1) is 0 Å². The second kappa shape index (κ2) is 5.52. The van der Waals surface area contributed by atoms with Gasteiger partial charge >= 0.3 is 0 Å². The molecule has 6 heteroatoms. The van der Waals surface area contributed by atoms with Crippen LogP contribution in [0.15, 0.2) is 33.6 Å². The van der Waals surface area contributed by atoms with Gasteiger partial charge in [0.05, 0.1) is 35.6 Å². The zero-order chi connectivity index (χ0) is 14.1. The first-order valence-corrected chi connectivity index (χ1v) is 8.47. The molecule has 0 N–H and O–H groups in total. The fourth-order valence-corrected chi connectivity index (χ4v) is 3.50. The van der Waals surface area contributed by atoms with Crippen molar-refractivity contribution in [1.82, 2.24) is 0 Å². The van der Waals surface area contributed by atoms with Gasteiger partial charge in [-0.25, -0.2) is 8.42 Å². The average molecular weight is 349 g/mol. The molecule has 1 aromatic rings. The minimum atomic E-state index is -3.34. The summed E-state index contributed by atoms with van der Waals surface area (Å²) in [7, 11) is -3.34. The summed E-state index contributed by atoms with van der Waals surface area (Å²) < 4.78 is 36.4. The standard InChI is InChI=1S/C13H17BrO4S/c1-13(2)9-17-11(7-18-13)8-19(15,16)12-5-3-10(14)4-6-12/h3-6,11H,7-9H2,1-2H3. The van der Waals surface area contributed by atoms with E-state index in [2.05, 4.69) is 15.9 Å². The Bertz CT molecular complexity index is 526. The molecular weight excluding hydrogens is 332 g/mol. The highest BCUT2D eigenvalue weighted by Crippen LogP contribution is 2.21. The molecule has 1 fully saturated rings. The number of halogens is 1. The fourth-order valence-electron chi connectivity index (χ4n) is 1.81. The van der Waals surface area contributed by atoms with Crippen molar-refractivity contribution in [1.29, 1.82) is 0 Å². The maximum Gasteiger partial charge on any atom is 0.181 e. The Balaban J connectivity index is 2.04. The van der Waals surface area contributed by atoms with E-state index in [1.54, 1.807) is 24.3 Å². The summed E-state index contributed by atoms with van der Waals surface area (Å²) in [6.07, 6.45) is -0.401. The van der Waals surface area contributed by atoms with Crippen molar-refractivity contribution in [3.63, 3.8) is 0 Å². The lowest BCUT2D eigenvalue weighted by atomic mass is 10.1. The summed E-state index contributed by atoms with van der Waals surface area (Å²) in [4.78, 5) is 0.309. The third-order valence-corrected chi connectivity index (χ3v) is 5.23. The second-order valence-corrected chi connectivity index (χ2v) is 8.19. The maximum absolute atomic E-state index is 12.2. The first-order chi connectivity index (χ1) is 8.78. The molecule has 0 spiro atoms. The number of ether oxygens (including phenoxy) is 2. The molecule has 1 heterocycles. The molecule has 0 aromatic heterocycles. The Labute approximate surface area is 122 Å². The Morgan fingerprint density at radius 1 is 1.32 bits per heavy atom. The van der Waals surface area contributed by atoms with Crippen molar-refractivity contribution in [2.45, 2.75) is 30.4 Å². The van der Waals surface area contributed by atoms with Gasteiger partial charge in [-0.3, -0.25) is 0 Å². The minimum Gasteiger partial charge on any atom is -0.372 e. The van der Waals surface area contributed by atoms with Gasteiger partial charge in [-0.05, 0) is 38.1 Å². The lowest BCUT2D eigenvalue weighted by Crippen LogP contribution is -2.44. The molecule has 0 radical (unpaired) electrons. The maximum atomic E-state index is 12.2. The van der Waals surface area contributed by atoms with Gasteiger partial charge in [0, 0.05) is 4.47 Å². The Morgan fingerprint density at radius 2 is 1.95 bits per heavy atom. The summed E-state index contributed by atoms with van der Waals surface area (Å²) in [5.74, 6) is -0.0509. The smallest absolute Gasteiger partial charge is 0.181 e. The highest BCUT2D eigenvalue weighted by molar-refractivity contribution is 9.10. The number of hydrogen-bond acceptors (Lipinski definition) is 4. The molecular formula is C13H17BrO4S. The average Bonchev–Trinajstić information content (AvgIpc) is 2.32. The number of benzene rings is 1. The van der Waals surface area contributed by atoms with E-state index >= 15 is 0 Å². The van der Waals surface area contributed by atoms with E-state index in [1.807, 2.05) is 13.8 Å². The first kappa shape index (κ1) is 15.0. The Morgan fingerprint density at radius 3 is 2.47 bits per heavy atom. The summed E-state index contributed by atoms with van der Waals surface area (Å²) in [5, 5.41) is 0. The number of hydrogen-bond donors (Lipinski definition) is 0. The van der Waals surface area contributed by atoms with E-state index in [0.29, 0.717) is 18.1 Å². The molecule has 1 atom stereocenters. The first-order valence-electron chi connectivity index (χ1n) is 6.02. The van der Waals surface area contributed by atoms with Gasteiger partial charge in [-0.2, -0.15) is 0 Å². The van der Waals surface area contributed by atoms with Gasteiger partial charge in [0.15, 0.2) is 9.84 Å². The zero-order valence-electron chi connectivity index (χ0n) is 10.9. The van der Waals surface area contributed by atoms with Crippen LogP contribution in [0.25, 0.3) is 0 Å². The Hall–Kier alpha value is -0.430. The Kier molecular flexibility index (Phi) is 4.35. The van der Waals surface area contributed by atoms with E-state index in [-0.39, 0.29) is 11.4 Å². The third kappa shape index (κ3) is 4.02. The van der Waals surface area contributed by atoms with E-state index < -0.39 is 15.9 Å². The molecule has 0 bridgehead atoms. The molecule has 2 rings (SSSR count). The van der Waals surface area contributed by atoms with E-state index in [1.165, 1.54) is 0 Å². The molecule has 1 aromatic carbocycles. The largest absolute Gasteiger partial charge is 0.372 e. The molecule has 1 aliphatic heterocycles. The molecule has 4 nitrogen and oxygen atoms in total. The molecule has 0 aliphatic carbocycles. The van der Waals surface area contributed by atoms with Gasteiger partial charge in [-0.1, -0.05) is 15.9 Å². The van der Waals surface area contributed by atoms with Crippen LogP contribution >= 0.6 is 15.9 Å². The molecule has 1 aliphatic rings. The molecule has 19 heavy (non-hydrogen) atoms. The normalized spacial score (nSPS) is 23.2. The topological polar surface area (TPSA) is 52.6 Å². The van der Waals surface area contributed by atoms with Crippen LogP contribution in [0.4, 0.5) is 0 Å².